The summed E-state index contributed by atoms with van der Waals surface area (Å²) in [5.74, 6) is -1.33. The molecule has 17 heteroatoms. The number of rotatable bonds is 38. The number of hydrogen-bond donors (Lipinski definition) is 1. The fourth-order valence-corrected chi connectivity index (χ4v) is 6.73. The average Bonchev–Trinajstić information content (AvgIpc) is 3.15. The number of amides is 1. The monoisotopic (exact) mass is 897 g/mol. The number of esters is 3. The van der Waals surface area contributed by atoms with Crippen molar-refractivity contribution in [2.24, 2.45) is 0 Å². The van der Waals surface area contributed by atoms with E-state index in [1.165, 1.54) is 57.8 Å². The van der Waals surface area contributed by atoms with E-state index in [-0.39, 0.29) is 32.6 Å². The van der Waals surface area contributed by atoms with E-state index in [9.17, 15) is 23.7 Å². The van der Waals surface area contributed by atoms with Crippen LogP contribution in [0.4, 0.5) is 4.79 Å². The van der Waals surface area contributed by atoms with Crippen LogP contribution < -0.4 is 5.32 Å². The second-order valence-electron chi connectivity index (χ2n) is 13.8. The summed E-state index contributed by atoms with van der Waals surface area (Å²) in [6.45, 7) is 0.152. The zero-order chi connectivity index (χ0) is 41.8. The van der Waals surface area contributed by atoms with Gasteiger partial charge in [0.1, 0.15) is 13.2 Å². The summed E-state index contributed by atoms with van der Waals surface area (Å²) in [6, 6.07) is 0. The second kappa shape index (κ2) is 36.8. The predicted octanol–water partition coefficient (Wildman–Crippen LogP) is 12.0. The highest BCUT2D eigenvalue weighted by atomic mass is 35.7. The van der Waals surface area contributed by atoms with Crippen LogP contribution in [0.25, 0.3) is 0 Å². The van der Waals surface area contributed by atoms with Crippen molar-refractivity contribution in [3.63, 3.8) is 0 Å². The van der Waals surface area contributed by atoms with Crippen LogP contribution in [0.1, 0.15) is 161 Å². The number of nitrogens with one attached hydrogen (secondary N) is 1. The number of carbonyl (C=O) groups excluding carboxylic acids is 4. The van der Waals surface area contributed by atoms with Gasteiger partial charge in [0.2, 0.25) is 3.79 Å². The van der Waals surface area contributed by atoms with Crippen LogP contribution in [0.3, 0.4) is 0 Å². The summed E-state index contributed by atoms with van der Waals surface area (Å²) in [7, 11) is 0. The molecule has 2 atom stereocenters. The summed E-state index contributed by atoms with van der Waals surface area (Å²) < 4.78 is 41.8. The predicted molar refractivity (Wildman–Crippen MR) is 223 cm³/mol. The van der Waals surface area contributed by atoms with Crippen molar-refractivity contribution in [1.29, 1.82) is 0 Å². The molecule has 0 aliphatic carbocycles. The molecule has 0 aromatic carbocycles. The molecule has 0 saturated carbocycles. The Morgan fingerprint density at radius 1 is 0.643 bits per heavy atom. The Morgan fingerprint density at radius 2 is 1.12 bits per heavy atom. The highest BCUT2D eigenvalue weighted by molar-refractivity contribution is 7.81. The topological polar surface area (TPSA) is 153 Å². The van der Waals surface area contributed by atoms with Gasteiger partial charge in [-0.1, -0.05) is 170 Å². The maximum absolute atomic E-state index is 12.7. The standard InChI is InChI=1S/C39H68Cl4NO11P/c1-3-5-6-7-8-9-10-11-12-14-17-20-23-26-36(46)51-31-34(32-54-56(43,49)53-30-28-44-38(48)52-33-39(40,41)42)55-37(47)27-24-21-18-15-13-16-19-22-25-29-50-35(45)4-2/h4,34H,2-3,5-33H2,1H3,(H,44,48). The van der Waals surface area contributed by atoms with Crippen LogP contribution in [-0.2, 0) is 46.9 Å². The molecule has 1 amide bonds. The summed E-state index contributed by atoms with van der Waals surface area (Å²) in [4.78, 5) is 47.9. The van der Waals surface area contributed by atoms with Crippen molar-refractivity contribution >= 4 is 77.0 Å². The summed E-state index contributed by atoms with van der Waals surface area (Å²) in [5, 5.41) is 2.31. The van der Waals surface area contributed by atoms with Crippen molar-refractivity contribution in [3.8, 4) is 0 Å². The number of alkyl halides is 3. The number of ether oxygens (including phenoxy) is 4. The summed E-state index contributed by atoms with van der Waals surface area (Å²) in [6.07, 6.45) is 23.7. The molecule has 0 rings (SSSR count). The molecule has 0 aliphatic rings. The van der Waals surface area contributed by atoms with Crippen LogP contribution in [0.5, 0.6) is 0 Å². The smallest absolute Gasteiger partial charge is 0.424 e. The lowest BCUT2D eigenvalue weighted by Gasteiger charge is -2.20. The van der Waals surface area contributed by atoms with Crippen LogP contribution in [0, 0.1) is 0 Å². The first-order valence-corrected chi connectivity index (χ1v) is 24.1. The van der Waals surface area contributed by atoms with Gasteiger partial charge < -0.3 is 24.3 Å². The average molecular weight is 900 g/mol. The Balaban J connectivity index is 4.54. The number of unbranched alkanes of at least 4 members (excludes halogenated alkanes) is 20. The Hall–Kier alpha value is -1.27. The second-order valence-corrected chi connectivity index (χ2v) is 18.9. The summed E-state index contributed by atoms with van der Waals surface area (Å²) in [5.41, 5.74) is 0. The van der Waals surface area contributed by atoms with Gasteiger partial charge in [-0.15, -0.1) is 0 Å². The fourth-order valence-electron chi connectivity index (χ4n) is 5.46. The van der Waals surface area contributed by atoms with Gasteiger partial charge in [-0.05, 0) is 19.3 Å². The molecule has 0 aromatic rings. The molecule has 0 aliphatic heterocycles. The number of alkyl carbamates (subject to hydrolysis) is 1. The Kier molecular flexibility index (Phi) is 35.9. The number of hydrogen-bond acceptors (Lipinski definition) is 11. The third-order valence-corrected chi connectivity index (χ3v) is 10.4. The number of halogens is 4. The zero-order valence-corrected chi connectivity index (χ0v) is 37.4. The van der Waals surface area contributed by atoms with Gasteiger partial charge in [0.05, 0.1) is 19.8 Å². The Morgan fingerprint density at radius 3 is 1.62 bits per heavy atom. The molecule has 1 N–H and O–H groups in total. The molecule has 0 fully saturated rings. The van der Waals surface area contributed by atoms with E-state index in [1.54, 1.807) is 0 Å². The molecule has 328 valence electrons. The fraction of sp³-hybridized carbons (Fsp3) is 0.846. The van der Waals surface area contributed by atoms with Crippen LogP contribution >= 0.6 is 53.0 Å². The van der Waals surface area contributed by atoms with E-state index in [1.807, 2.05) is 0 Å². The molecular formula is C39H68Cl4NO11P. The third-order valence-electron chi connectivity index (χ3n) is 8.55. The number of carbonyl (C=O) groups is 4. The normalized spacial score (nSPS) is 13.0. The van der Waals surface area contributed by atoms with Crippen LogP contribution in [0.15, 0.2) is 12.7 Å². The molecule has 0 bridgehead atoms. The minimum atomic E-state index is -4.17. The quantitative estimate of drug-likeness (QED) is 0.0157. The minimum absolute atomic E-state index is 0.150. The van der Waals surface area contributed by atoms with E-state index in [2.05, 4.69) is 18.8 Å². The lowest BCUT2D eigenvalue weighted by atomic mass is 10.0. The van der Waals surface area contributed by atoms with Crippen LogP contribution in [0.2, 0.25) is 0 Å². The first-order valence-electron chi connectivity index (χ1n) is 20.5. The molecule has 0 aromatic heterocycles. The van der Waals surface area contributed by atoms with Crippen molar-refractivity contribution < 1.29 is 51.7 Å². The van der Waals surface area contributed by atoms with Gasteiger partial charge in [-0.25, -0.2) is 14.2 Å². The molecule has 0 radical (unpaired) electrons. The first-order chi connectivity index (χ1) is 26.8. The zero-order valence-electron chi connectivity index (χ0n) is 33.5. The SMILES string of the molecule is C=CC(=O)OCCCCCCCCCCCC(=O)OC(COC(=O)CCCCCCCCCCCCCCC)COP(=O)(Cl)OCCNC(=O)OCC(Cl)(Cl)Cl. The molecule has 0 saturated heterocycles. The Bertz CT molecular complexity index is 1100. The van der Waals surface area contributed by atoms with Crippen molar-refractivity contribution in [2.75, 3.05) is 39.6 Å². The van der Waals surface area contributed by atoms with E-state index in [4.69, 9.17) is 74.0 Å². The third kappa shape index (κ3) is 39.6. The largest absolute Gasteiger partial charge is 0.463 e. The van der Waals surface area contributed by atoms with Gasteiger partial charge >= 0.3 is 30.9 Å². The summed E-state index contributed by atoms with van der Waals surface area (Å²) >= 11 is 22.5. The van der Waals surface area contributed by atoms with E-state index < -0.39 is 54.1 Å². The maximum Gasteiger partial charge on any atom is 0.424 e. The molecule has 56 heavy (non-hydrogen) atoms. The lowest BCUT2D eigenvalue weighted by Crippen LogP contribution is -2.30. The van der Waals surface area contributed by atoms with E-state index in [0.29, 0.717) is 19.4 Å². The molecule has 0 spiro atoms. The molecular weight excluding hydrogens is 831 g/mol. The molecule has 0 heterocycles. The van der Waals surface area contributed by atoms with E-state index in [0.717, 1.165) is 76.7 Å². The highest BCUT2D eigenvalue weighted by Gasteiger charge is 2.26. The highest BCUT2D eigenvalue weighted by Crippen LogP contribution is 2.53. The molecule has 12 nitrogen and oxygen atoms in total. The van der Waals surface area contributed by atoms with Crippen molar-refractivity contribution in [2.45, 2.75) is 171 Å². The van der Waals surface area contributed by atoms with Crippen LogP contribution in [-0.4, -0.2) is 73.5 Å². The molecule has 2 unspecified atom stereocenters. The maximum atomic E-state index is 12.7. The van der Waals surface area contributed by atoms with Gasteiger partial charge in [-0.3, -0.25) is 18.6 Å². The first kappa shape index (κ1) is 54.7. The van der Waals surface area contributed by atoms with Crippen molar-refractivity contribution in [3.05, 3.63) is 12.7 Å². The van der Waals surface area contributed by atoms with Gasteiger partial charge in [0.25, 0.3) is 0 Å². The Labute approximate surface area is 355 Å². The van der Waals surface area contributed by atoms with E-state index >= 15 is 0 Å². The van der Waals surface area contributed by atoms with Gasteiger partial charge in [0, 0.05) is 36.7 Å². The van der Waals surface area contributed by atoms with Gasteiger partial charge in [0.15, 0.2) is 6.10 Å². The van der Waals surface area contributed by atoms with Gasteiger partial charge in [-0.2, -0.15) is 0 Å². The van der Waals surface area contributed by atoms with Crippen molar-refractivity contribution in [1.82, 2.24) is 5.32 Å². The minimum Gasteiger partial charge on any atom is -0.463 e. The lowest BCUT2D eigenvalue weighted by molar-refractivity contribution is -0.161.